The molecule has 0 spiro atoms. The van der Waals surface area contributed by atoms with Crippen molar-refractivity contribution in [3.05, 3.63) is 29.8 Å². The Bertz CT molecular complexity index is 348. The van der Waals surface area contributed by atoms with Crippen LogP contribution in [0.25, 0.3) is 0 Å². The second kappa shape index (κ2) is 5.51. The van der Waals surface area contributed by atoms with Crippen molar-refractivity contribution in [1.29, 1.82) is 0 Å². The number of rotatable bonds is 5. The third-order valence-corrected chi connectivity index (χ3v) is 2.71. The average Bonchev–Trinajstić information content (AvgIpc) is 2.26. The van der Waals surface area contributed by atoms with Gasteiger partial charge >= 0.3 is 5.97 Å². The fourth-order valence-corrected chi connectivity index (χ4v) is 1.69. The van der Waals surface area contributed by atoms with Crippen molar-refractivity contribution in [3.63, 3.8) is 0 Å². The summed E-state index contributed by atoms with van der Waals surface area (Å²) in [5.74, 6) is -0.648. The van der Waals surface area contributed by atoms with Gasteiger partial charge in [-0.1, -0.05) is 19.1 Å². The van der Waals surface area contributed by atoms with Gasteiger partial charge < -0.3 is 15.9 Å². The number of carboxylic acid groups (broad SMARTS) is 1. The van der Waals surface area contributed by atoms with E-state index in [9.17, 15) is 4.79 Å². The zero-order chi connectivity index (χ0) is 12.1. The maximum Gasteiger partial charge on any atom is 0.320 e. The molecule has 88 valence electrons. The highest BCUT2D eigenvalue weighted by molar-refractivity contribution is 5.73. The number of hydrogen-bond acceptors (Lipinski definition) is 3. The molecule has 2 atom stereocenters. The van der Waals surface area contributed by atoms with Crippen LogP contribution < -0.4 is 5.73 Å². The first-order valence-corrected chi connectivity index (χ1v) is 5.32. The fraction of sp³-hybridized carbons (Fsp3) is 0.417. The van der Waals surface area contributed by atoms with E-state index in [0.717, 1.165) is 12.0 Å². The normalized spacial score (nSPS) is 14.4. The summed E-state index contributed by atoms with van der Waals surface area (Å²) in [6.07, 6.45) is 1.24. The third-order valence-electron chi connectivity index (χ3n) is 2.71. The van der Waals surface area contributed by atoms with E-state index in [1.54, 1.807) is 24.3 Å². The summed E-state index contributed by atoms with van der Waals surface area (Å²) in [6.45, 7) is 1.99. The van der Waals surface area contributed by atoms with Gasteiger partial charge in [0.2, 0.25) is 0 Å². The highest BCUT2D eigenvalue weighted by Gasteiger charge is 2.18. The molecular weight excluding hydrogens is 206 g/mol. The number of carboxylic acids is 1. The molecule has 0 saturated carbocycles. The molecule has 0 saturated heterocycles. The zero-order valence-corrected chi connectivity index (χ0v) is 9.26. The van der Waals surface area contributed by atoms with E-state index >= 15 is 0 Å². The van der Waals surface area contributed by atoms with Crippen LogP contribution >= 0.6 is 0 Å². The molecular formula is C12H17NO3. The van der Waals surface area contributed by atoms with Crippen LogP contribution in [0.5, 0.6) is 5.75 Å². The zero-order valence-electron chi connectivity index (χ0n) is 9.26. The van der Waals surface area contributed by atoms with E-state index in [1.165, 1.54) is 0 Å². The number of hydrogen-bond donors (Lipinski definition) is 3. The maximum absolute atomic E-state index is 10.7. The van der Waals surface area contributed by atoms with E-state index in [4.69, 9.17) is 15.9 Å². The van der Waals surface area contributed by atoms with Gasteiger partial charge in [0.1, 0.15) is 11.8 Å². The summed E-state index contributed by atoms with van der Waals surface area (Å²) >= 11 is 0. The molecule has 1 rings (SSSR count). The molecule has 16 heavy (non-hydrogen) atoms. The predicted octanol–water partition coefficient (Wildman–Crippen LogP) is 1.69. The molecule has 0 amide bonds. The molecule has 0 bridgehead atoms. The minimum absolute atomic E-state index is 0.117. The van der Waals surface area contributed by atoms with Crippen molar-refractivity contribution in [2.45, 2.75) is 31.7 Å². The first-order valence-electron chi connectivity index (χ1n) is 5.32. The smallest absolute Gasteiger partial charge is 0.320 e. The van der Waals surface area contributed by atoms with E-state index in [0.29, 0.717) is 6.42 Å². The molecule has 0 aliphatic rings. The highest BCUT2D eigenvalue weighted by atomic mass is 16.4. The standard InChI is InChI=1S/C12H17NO3/c1-2-8(7-11(13)12(15)16)9-3-5-10(14)6-4-9/h3-6,8,11,14H,2,7,13H2,1H3,(H,15,16). The number of aliphatic carboxylic acids is 1. The predicted molar refractivity (Wildman–Crippen MR) is 61.4 cm³/mol. The molecule has 0 aliphatic heterocycles. The molecule has 0 aromatic heterocycles. The topological polar surface area (TPSA) is 83.6 Å². The Kier molecular flexibility index (Phi) is 4.31. The van der Waals surface area contributed by atoms with Gasteiger partial charge in [-0.25, -0.2) is 0 Å². The first-order chi connectivity index (χ1) is 7.54. The van der Waals surface area contributed by atoms with Crippen molar-refractivity contribution in [2.24, 2.45) is 5.73 Å². The number of carbonyl (C=O) groups is 1. The van der Waals surface area contributed by atoms with Gasteiger partial charge in [-0.05, 0) is 36.5 Å². The van der Waals surface area contributed by atoms with Gasteiger partial charge in [-0.2, -0.15) is 0 Å². The second-order valence-electron chi connectivity index (χ2n) is 3.88. The van der Waals surface area contributed by atoms with Crippen molar-refractivity contribution < 1.29 is 15.0 Å². The van der Waals surface area contributed by atoms with Gasteiger partial charge in [-0.15, -0.1) is 0 Å². The summed E-state index contributed by atoms with van der Waals surface area (Å²) < 4.78 is 0. The van der Waals surface area contributed by atoms with Gasteiger partial charge in [0, 0.05) is 0 Å². The number of phenolic OH excluding ortho intramolecular Hbond substituents is 1. The van der Waals surface area contributed by atoms with E-state index < -0.39 is 12.0 Å². The lowest BCUT2D eigenvalue weighted by Crippen LogP contribution is -2.31. The average molecular weight is 223 g/mol. The lowest BCUT2D eigenvalue weighted by atomic mass is 9.90. The Morgan fingerprint density at radius 2 is 1.94 bits per heavy atom. The Hall–Kier alpha value is -1.55. The van der Waals surface area contributed by atoms with Crippen LogP contribution in [0.3, 0.4) is 0 Å². The largest absolute Gasteiger partial charge is 0.508 e. The van der Waals surface area contributed by atoms with Crippen LogP contribution in [0.2, 0.25) is 0 Å². The monoisotopic (exact) mass is 223 g/mol. The highest BCUT2D eigenvalue weighted by Crippen LogP contribution is 2.25. The molecule has 1 aromatic rings. The van der Waals surface area contributed by atoms with E-state index in [-0.39, 0.29) is 11.7 Å². The van der Waals surface area contributed by atoms with Gasteiger partial charge in [0.25, 0.3) is 0 Å². The lowest BCUT2D eigenvalue weighted by molar-refractivity contribution is -0.138. The molecule has 0 fully saturated rings. The summed E-state index contributed by atoms with van der Waals surface area (Å²) in [4.78, 5) is 10.7. The number of nitrogens with two attached hydrogens (primary N) is 1. The Morgan fingerprint density at radius 1 is 1.38 bits per heavy atom. The molecule has 4 nitrogen and oxygen atoms in total. The van der Waals surface area contributed by atoms with Gasteiger partial charge in [0.15, 0.2) is 0 Å². The van der Waals surface area contributed by atoms with Crippen LogP contribution in [-0.4, -0.2) is 22.2 Å². The number of phenols is 1. The van der Waals surface area contributed by atoms with Crippen LogP contribution in [0.15, 0.2) is 24.3 Å². The third kappa shape index (κ3) is 3.24. The van der Waals surface area contributed by atoms with Crippen LogP contribution in [0.4, 0.5) is 0 Å². The summed E-state index contributed by atoms with van der Waals surface area (Å²) in [7, 11) is 0. The second-order valence-corrected chi connectivity index (χ2v) is 3.88. The van der Waals surface area contributed by atoms with Crippen LogP contribution in [-0.2, 0) is 4.79 Å². The van der Waals surface area contributed by atoms with Crippen LogP contribution in [0.1, 0.15) is 31.2 Å². The summed E-state index contributed by atoms with van der Waals surface area (Å²) in [6, 6.07) is 5.98. The van der Waals surface area contributed by atoms with Crippen molar-refractivity contribution in [2.75, 3.05) is 0 Å². The first kappa shape index (κ1) is 12.5. The number of benzene rings is 1. The SMILES string of the molecule is CCC(CC(N)C(=O)O)c1ccc(O)cc1. The van der Waals surface area contributed by atoms with Crippen LogP contribution in [0, 0.1) is 0 Å². The Balaban J connectivity index is 2.74. The maximum atomic E-state index is 10.7. The Labute approximate surface area is 94.7 Å². The van der Waals surface area contributed by atoms with Crippen molar-refractivity contribution in [1.82, 2.24) is 0 Å². The van der Waals surface area contributed by atoms with Crippen molar-refractivity contribution in [3.8, 4) is 5.75 Å². The molecule has 1 aromatic carbocycles. The molecule has 0 radical (unpaired) electrons. The van der Waals surface area contributed by atoms with Crippen molar-refractivity contribution >= 4 is 5.97 Å². The summed E-state index contributed by atoms with van der Waals surface area (Å²) in [5.41, 5.74) is 6.52. The van der Waals surface area contributed by atoms with Gasteiger partial charge in [-0.3, -0.25) is 4.79 Å². The lowest BCUT2D eigenvalue weighted by Gasteiger charge is -2.17. The molecule has 2 unspecified atom stereocenters. The number of aromatic hydroxyl groups is 1. The minimum Gasteiger partial charge on any atom is -0.508 e. The summed E-state index contributed by atoms with van der Waals surface area (Å²) in [5, 5.41) is 17.9. The molecule has 4 heteroatoms. The molecule has 0 heterocycles. The molecule has 0 aliphatic carbocycles. The Morgan fingerprint density at radius 3 is 2.38 bits per heavy atom. The van der Waals surface area contributed by atoms with Gasteiger partial charge in [0.05, 0.1) is 0 Å². The van der Waals surface area contributed by atoms with E-state index in [2.05, 4.69) is 0 Å². The fourth-order valence-electron chi connectivity index (χ4n) is 1.69. The quantitative estimate of drug-likeness (QED) is 0.709. The molecule has 4 N–H and O–H groups in total. The minimum atomic E-state index is -0.975. The van der Waals surface area contributed by atoms with E-state index in [1.807, 2.05) is 6.92 Å².